The maximum atomic E-state index is 13.6. The Morgan fingerprint density at radius 3 is 2.41 bits per heavy atom. The van der Waals surface area contributed by atoms with Crippen LogP contribution in [-0.4, -0.2) is 60.7 Å². The molecule has 3 heterocycles. The van der Waals surface area contributed by atoms with Crippen molar-refractivity contribution in [1.82, 2.24) is 0 Å². The normalized spacial score (nSPS) is 28.3. The first-order valence-corrected chi connectivity index (χ1v) is 12.7. The van der Waals surface area contributed by atoms with E-state index in [2.05, 4.69) is 4.99 Å². The van der Waals surface area contributed by atoms with Gasteiger partial charge in [-0.05, 0) is 11.5 Å². The number of hydrogen-bond donors (Lipinski definition) is 2. The second-order valence-corrected chi connectivity index (χ2v) is 10.8. The number of phenolic OH excluding ortho intramolecular Hbond substituents is 1. The van der Waals surface area contributed by atoms with Crippen LogP contribution in [0.2, 0.25) is 0 Å². The average molecular weight is 531 g/mol. The van der Waals surface area contributed by atoms with E-state index in [1.807, 2.05) is 0 Å². The van der Waals surface area contributed by atoms with Crippen LogP contribution in [0.15, 0.2) is 71.2 Å². The van der Waals surface area contributed by atoms with E-state index < -0.39 is 44.8 Å². The maximum absolute atomic E-state index is 13.6. The van der Waals surface area contributed by atoms with Gasteiger partial charge in [-0.3, -0.25) is 29.1 Å². The van der Waals surface area contributed by atoms with Gasteiger partial charge in [0, 0.05) is 16.5 Å². The number of halogens is 1. The summed E-state index contributed by atoms with van der Waals surface area (Å²) >= 11 is 7.21. The Hall–Kier alpha value is -3.95. The van der Waals surface area contributed by atoms with Crippen molar-refractivity contribution in [3.8, 4) is 5.75 Å². The molecule has 1 amide bonds. The predicted octanol–water partition coefficient (Wildman–Crippen LogP) is 3.44. The number of carbonyl (C=O) groups is 4. The number of nitrogens with zero attached hydrogens (tertiary/aromatic N) is 2. The number of rotatable bonds is 1. The van der Waals surface area contributed by atoms with Gasteiger partial charge in [0.1, 0.15) is 33.9 Å². The highest BCUT2D eigenvalue weighted by Crippen LogP contribution is 2.57. The van der Waals surface area contributed by atoms with Crippen molar-refractivity contribution in [3.05, 3.63) is 77.4 Å². The number of fused-ring (bicyclic) bond motifs is 5. The molecule has 37 heavy (non-hydrogen) atoms. The van der Waals surface area contributed by atoms with Crippen LogP contribution in [0.25, 0.3) is 16.5 Å². The first kappa shape index (κ1) is 22.3. The molecule has 3 aliphatic heterocycles. The number of Topliss-reactive ketones (excluding diaryl/α,β-unsaturated/α-hetero) is 2. The molecule has 7 rings (SSSR count). The third-order valence-electron chi connectivity index (χ3n) is 7.50. The van der Waals surface area contributed by atoms with Gasteiger partial charge in [0.05, 0.1) is 11.3 Å². The Bertz CT molecular complexity index is 1710. The van der Waals surface area contributed by atoms with Gasteiger partial charge in [-0.2, -0.15) is 0 Å². The maximum Gasteiger partial charge on any atom is 0.249 e. The van der Waals surface area contributed by atoms with Gasteiger partial charge in [-0.15, -0.1) is 11.6 Å². The standard InChI is InChI=1S/C27H15ClN2O6S/c28-23-25(35)30(15-10-9-11-5-1-2-6-12(11)18(15)31)27(23)24-22(37-26(27)36)21(34)16-17(29-24)20(33)14-8-4-3-7-13(14)19(16)32/h1-10,22-24,31-32H. The van der Waals surface area contributed by atoms with E-state index in [0.29, 0.717) is 17.1 Å². The lowest BCUT2D eigenvalue weighted by Gasteiger charge is -2.54. The summed E-state index contributed by atoms with van der Waals surface area (Å²) in [7, 11) is 0. The largest absolute Gasteiger partial charge is 0.506 e. The summed E-state index contributed by atoms with van der Waals surface area (Å²) in [5.74, 6) is -2.41. The van der Waals surface area contributed by atoms with Gasteiger partial charge in [-0.1, -0.05) is 66.4 Å². The molecular formula is C27H15ClN2O6S. The van der Waals surface area contributed by atoms with E-state index in [9.17, 15) is 29.4 Å². The molecule has 2 saturated heterocycles. The number of aliphatic hydroxyl groups excluding tert-OH is 1. The van der Waals surface area contributed by atoms with Crippen LogP contribution in [0.5, 0.6) is 5.75 Å². The van der Waals surface area contributed by atoms with Crippen molar-refractivity contribution in [3.63, 3.8) is 0 Å². The summed E-state index contributed by atoms with van der Waals surface area (Å²) in [6.45, 7) is 0. The quantitative estimate of drug-likeness (QED) is 0.365. The van der Waals surface area contributed by atoms with E-state index in [0.717, 1.165) is 10.3 Å². The second-order valence-electron chi connectivity index (χ2n) is 9.23. The molecule has 2 fully saturated rings. The molecule has 10 heteroatoms. The van der Waals surface area contributed by atoms with Gasteiger partial charge < -0.3 is 10.2 Å². The number of anilines is 1. The van der Waals surface area contributed by atoms with Crippen LogP contribution >= 0.6 is 23.4 Å². The highest BCUT2D eigenvalue weighted by molar-refractivity contribution is 8.15. The number of aliphatic hydroxyl groups is 1. The monoisotopic (exact) mass is 530 g/mol. The van der Waals surface area contributed by atoms with Gasteiger partial charge in [0.2, 0.25) is 16.8 Å². The number of phenols is 1. The molecule has 0 bridgehead atoms. The summed E-state index contributed by atoms with van der Waals surface area (Å²) in [4.78, 5) is 59.4. The molecule has 8 nitrogen and oxygen atoms in total. The fourth-order valence-electron chi connectivity index (χ4n) is 5.75. The highest BCUT2D eigenvalue weighted by atomic mass is 35.5. The van der Waals surface area contributed by atoms with E-state index in [1.165, 1.54) is 18.2 Å². The lowest BCUT2D eigenvalue weighted by molar-refractivity contribution is -0.134. The van der Waals surface area contributed by atoms with E-state index in [1.54, 1.807) is 42.5 Å². The molecule has 2 N–H and O–H groups in total. The lowest BCUT2D eigenvalue weighted by atomic mass is 9.72. The number of aliphatic imine (C=N–C) groups is 1. The summed E-state index contributed by atoms with van der Waals surface area (Å²) in [5.41, 5.74) is -1.84. The number of carbonyl (C=O) groups excluding carboxylic acids is 4. The van der Waals surface area contributed by atoms with Crippen LogP contribution in [0.4, 0.5) is 5.69 Å². The van der Waals surface area contributed by atoms with Crippen molar-refractivity contribution in [2.75, 3.05) is 4.90 Å². The minimum Gasteiger partial charge on any atom is -0.506 e. The SMILES string of the molecule is O=C1C2=NC3C(SC(=O)C34C(Cl)C(=O)N4c3ccc4ccccc4c3O)C(=O)C2=C(O)c2ccccc21. The number of aromatic hydroxyl groups is 1. The molecule has 3 aromatic carbocycles. The number of benzene rings is 3. The Labute approximate surface area is 218 Å². The van der Waals surface area contributed by atoms with Gasteiger partial charge in [0.15, 0.2) is 11.3 Å². The van der Waals surface area contributed by atoms with E-state index in [4.69, 9.17) is 11.6 Å². The Morgan fingerprint density at radius 1 is 0.919 bits per heavy atom. The second kappa shape index (κ2) is 7.30. The molecule has 4 atom stereocenters. The summed E-state index contributed by atoms with van der Waals surface area (Å²) < 4.78 is 0. The van der Waals surface area contributed by atoms with Gasteiger partial charge in [0.25, 0.3) is 0 Å². The van der Waals surface area contributed by atoms with Crippen molar-refractivity contribution >= 4 is 73.9 Å². The molecule has 3 aromatic rings. The predicted molar refractivity (Wildman–Crippen MR) is 138 cm³/mol. The number of hydrogen-bond acceptors (Lipinski definition) is 8. The smallest absolute Gasteiger partial charge is 0.249 e. The third kappa shape index (κ3) is 2.53. The third-order valence-corrected chi connectivity index (χ3v) is 9.29. The van der Waals surface area contributed by atoms with Crippen molar-refractivity contribution in [1.29, 1.82) is 0 Å². The number of alkyl halides is 1. The Morgan fingerprint density at radius 2 is 1.62 bits per heavy atom. The van der Waals surface area contributed by atoms with E-state index >= 15 is 0 Å². The number of amides is 1. The summed E-state index contributed by atoms with van der Waals surface area (Å²) in [6.07, 6.45) is 0. The zero-order valence-corrected chi connectivity index (χ0v) is 20.3. The molecule has 182 valence electrons. The van der Waals surface area contributed by atoms with Crippen LogP contribution in [0, 0.1) is 0 Å². The lowest BCUT2D eigenvalue weighted by Crippen LogP contribution is -2.80. The topological polar surface area (TPSA) is 124 Å². The Kier molecular flexibility index (Phi) is 4.39. The molecule has 4 aliphatic rings. The number of β-lactam (4-membered cyclic amide) rings is 1. The molecule has 0 radical (unpaired) electrons. The fraction of sp³-hybridized carbons (Fsp3) is 0.148. The molecule has 1 aliphatic carbocycles. The zero-order valence-electron chi connectivity index (χ0n) is 18.7. The number of allylic oxidation sites excluding steroid dienone is 1. The molecular weight excluding hydrogens is 516 g/mol. The van der Waals surface area contributed by atoms with Crippen LogP contribution in [0.1, 0.15) is 15.9 Å². The van der Waals surface area contributed by atoms with E-state index in [-0.39, 0.29) is 39.6 Å². The first-order valence-electron chi connectivity index (χ1n) is 11.4. The minimum absolute atomic E-state index is 0.0624. The number of ketones is 2. The fourth-order valence-corrected chi connectivity index (χ4v) is 7.61. The zero-order chi connectivity index (χ0) is 25.8. The van der Waals surface area contributed by atoms with Crippen LogP contribution in [-0.2, 0) is 14.4 Å². The minimum atomic E-state index is -1.80. The summed E-state index contributed by atoms with van der Waals surface area (Å²) in [6, 6.07) is 15.4. The summed E-state index contributed by atoms with van der Waals surface area (Å²) in [5, 5.41) is 20.1. The van der Waals surface area contributed by atoms with Gasteiger partial charge >= 0.3 is 0 Å². The van der Waals surface area contributed by atoms with Crippen LogP contribution < -0.4 is 4.90 Å². The number of thioether (sulfide) groups is 1. The average Bonchev–Trinajstić information content (AvgIpc) is 3.22. The van der Waals surface area contributed by atoms with Gasteiger partial charge in [-0.25, -0.2) is 0 Å². The molecule has 1 spiro atoms. The molecule has 4 unspecified atom stereocenters. The van der Waals surface area contributed by atoms with Crippen LogP contribution in [0.3, 0.4) is 0 Å². The van der Waals surface area contributed by atoms with Crippen molar-refractivity contribution in [2.24, 2.45) is 4.99 Å². The highest BCUT2D eigenvalue weighted by Gasteiger charge is 2.76. The molecule has 0 aromatic heterocycles. The molecule has 0 saturated carbocycles. The first-order chi connectivity index (χ1) is 17.8. The van der Waals surface area contributed by atoms with Crippen molar-refractivity contribution in [2.45, 2.75) is 22.2 Å². The Balaban J connectivity index is 1.44. The van der Waals surface area contributed by atoms with Crippen molar-refractivity contribution < 1.29 is 29.4 Å².